The third-order valence-electron chi connectivity index (χ3n) is 4.98. The Morgan fingerprint density at radius 2 is 1.79 bits per heavy atom. The number of hydrogen-bond donors (Lipinski definition) is 1. The third-order valence-corrected chi connectivity index (χ3v) is 4.98. The Kier molecular flexibility index (Phi) is 5.61. The van der Waals surface area contributed by atoms with E-state index in [1.165, 1.54) is 31.4 Å². The predicted octanol–water partition coefficient (Wildman–Crippen LogP) is 2.96. The summed E-state index contributed by atoms with van der Waals surface area (Å²) >= 11 is 0. The monoisotopic (exact) mass is 376 g/mol. The molecule has 1 N–H and O–H groups in total. The number of rotatable bonds is 5. The zero-order valence-electron chi connectivity index (χ0n) is 15.8. The lowest BCUT2D eigenvalue weighted by Crippen LogP contribution is -2.24. The highest BCUT2D eigenvalue weighted by atomic mass is 16.2. The van der Waals surface area contributed by atoms with E-state index in [1.54, 1.807) is 10.9 Å². The number of hydrazone groups is 1. The van der Waals surface area contributed by atoms with Crippen LogP contribution in [0.4, 0.5) is 5.69 Å². The number of nitrogens with zero attached hydrogens (tertiary/aromatic N) is 5. The van der Waals surface area contributed by atoms with E-state index in [1.807, 2.05) is 36.4 Å². The fourth-order valence-electron chi connectivity index (χ4n) is 3.48. The molecule has 0 bridgehead atoms. The lowest BCUT2D eigenvalue weighted by Gasteiger charge is -2.22. The second-order valence-electron chi connectivity index (χ2n) is 7.02. The molecule has 7 heteroatoms. The van der Waals surface area contributed by atoms with E-state index >= 15 is 0 Å². The van der Waals surface area contributed by atoms with E-state index in [4.69, 9.17) is 0 Å². The van der Waals surface area contributed by atoms with Gasteiger partial charge in [-0.25, -0.2) is 10.1 Å². The maximum absolute atomic E-state index is 12.1. The maximum Gasteiger partial charge on any atom is 0.261 e. The second-order valence-corrected chi connectivity index (χ2v) is 7.02. The zero-order chi connectivity index (χ0) is 19.2. The molecular weight excluding hydrogens is 352 g/mol. The summed E-state index contributed by atoms with van der Waals surface area (Å²) in [5.41, 5.74) is 6.34. The Morgan fingerprint density at radius 1 is 1.04 bits per heavy atom. The fraction of sp³-hybridized carbons (Fsp3) is 0.333. The Bertz CT molecular complexity index is 954. The quantitative estimate of drug-likeness (QED) is 0.549. The van der Waals surface area contributed by atoms with Crippen molar-refractivity contribution in [1.29, 1.82) is 0 Å². The van der Waals surface area contributed by atoms with Gasteiger partial charge >= 0.3 is 0 Å². The smallest absolute Gasteiger partial charge is 0.261 e. The number of carbonyl (C=O) groups is 1. The number of para-hydroxylation sites is 1. The summed E-state index contributed by atoms with van der Waals surface area (Å²) in [6.45, 7) is 2.33. The molecule has 2 heterocycles. The van der Waals surface area contributed by atoms with Gasteiger partial charge in [0.2, 0.25) is 0 Å². The fourth-order valence-corrected chi connectivity index (χ4v) is 3.48. The Balaban J connectivity index is 1.32. The summed E-state index contributed by atoms with van der Waals surface area (Å²) < 4.78 is 1.57. The normalized spacial score (nSPS) is 15.1. The minimum absolute atomic E-state index is 0.0751. The van der Waals surface area contributed by atoms with Crippen LogP contribution in [-0.4, -0.2) is 40.2 Å². The largest absolute Gasteiger partial charge is 0.372 e. The summed E-state index contributed by atoms with van der Waals surface area (Å²) in [5.74, 6) is -0.243. The molecule has 0 radical (unpaired) electrons. The Hall–Kier alpha value is -3.22. The maximum atomic E-state index is 12.1. The van der Waals surface area contributed by atoms with Gasteiger partial charge in [-0.15, -0.1) is 5.10 Å². The first-order valence-corrected chi connectivity index (χ1v) is 9.75. The van der Waals surface area contributed by atoms with Crippen molar-refractivity contribution in [2.24, 2.45) is 5.10 Å². The SMILES string of the molecule is O=C(Cn1nnc2ccccc21)N/N=C\c1ccc(N2CCCCCC2)cc1. The van der Waals surface area contributed by atoms with Crippen molar-refractivity contribution >= 4 is 28.8 Å². The molecule has 0 aliphatic carbocycles. The van der Waals surface area contributed by atoms with Gasteiger partial charge in [0, 0.05) is 18.8 Å². The standard InChI is InChI=1S/C21H24N6O/c28-21(16-27-20-8-4-3-7-19(20)23-25-27)24-22-15-17-9-11-18(12-10-17)26-13-5-1-2-6-14-26/h3-4,7-12,15H,1-2,5-6,13-14,16H2,(H,24,28)/b22-15-. The Labute approximate surface area is 164 Å². The summed E-state index contributed by atoms with van der Waals surface area (Å²) in [7, 11) is 0. The minimum Gasteiger partial charge on any atom is -0.372 e. The van der Waals surface area contributed by atoms with Crippen molar-refractivity contribution in [3.63, 3.8) is 0 Å². The molecule has 4 rings (SSSR count). The zero-order valence-corrected chi connectivity index (χ0v) is 15.8. The van der Waals surface area contributed by atoms with Gasteiger partial charge < -0.3 is 4.90 Å². The van der Waals surface area contributed by atoms with Gasteiger partial charge in [-0.1, -0.05) is 42.3 Å². The lowest BCUT2D eigenvalue weighted by atomic mass is 10.2. The van der Waals surface area contributed by atoms with Crippen molar-refractivity contribution in [3.05, 3.63) is 54.1 Å². The van der Waals surface area contributed by atoms with Gasteiger partial charge in [-0.05, 0) is 42.7 Å². The van der Waals surface area contributed by atoms with Crippen molar-refractivity contribution in [1.82, 2.24) is 20.4 Å². The van der Waals surface area contributed by atoms with Gasteiger partial charge in [0.1, 0.15) is 12.1 Å². The molecule has 1 aliphatic heterocycles. The van der Waals surface area contributed by atoms with Gasteiger partial charge in [0.25, 0.3) is 5.91 Å². The average Bonchev–Trinajstić information content (AvgIpc) is 2.93. The number of carbonyl (C=O) groups excluding carboxylic acids is 1. The van der Waals surface area contributed by atoms with Crippen LogP contribution in [-0.2, 0) is 11.3 Å². The summed E-state index contributed by atoms with van der Waals surface area (Å²) in [6, 6.07) is 15.8. The molecule has 144 valence electrons. The van der Waals surface area contributed by atoms with Crippen molar-refractivity contribution in [3.8, 4) is 0 Å². The Morgan fingerprint density at radius 3 is 2.57 bits per heavy atom. The molecular formula is C21H24N6O. The van der Waals surface area contributed by atoms with E-state index in [9.17, 15) is 4.79 Å². The van der Waals surface area contributed by atoms with Crippen LogP contribution in [0.25, 0.3) is 11.0 Å². The van der Waals surface area contributed by atoms with Crippen LogP contribution < -0.4 is 10.3 Å². The van der Waals surface area contributed by atoms with Crippen LogP contribution in [0.3, 0.4) is 0 Å². The number of amides is 1. The molecule has 0 saturated carbocycles. The van der Waals surface area contributed by atoms with Crippen LogP contribution in [0.1, 0.15) is 31.2 Å². The highest BCUT2D eigenvalue weighted by Gasteiger charge is 2.10. The van der Waals surface area contributed by atoms with Crippen molar-refractivity contribution < 1.29 is 4.79 Å². The minimum atomic E-state index is -0.243. The molecule has 1 saturated heterocycles. The van der Waals surface area contributed by atoms with E-state index in [0.717, 1.165) is 29.7 Å². The third kappa shape index (κ3) is 4.36. The first kappa shape index (κ1) is 18.2. The highest BCUT2D eigenvalue weighted by Crippen LogP contribution is 2.19. The van der Waals surface area contributed by atoms with E-state index in [0.29, 0.717) is 0 Å². The predicted molar refractivity (Wildman–Crippen MR) is 110 cm³/mol. The molecule has 28 heavy (non-hydrogen) atoms. The molecule has 1 amide bonds. The number of benzene rings is 2. The number of nitrogens with one attached hydrogen (secondary N) is 1. The average molecular weight is 376 g/mol. The summed E-state index contributed by atoms with van der Waals surface area (Å²) in [4.78, 5) is 14.6. The van der Waals surface area contributed by atoms with E-state index in [2.05, 4.69) is 37.9 Å². The van der Waals surface area contributed by atoms with Crippen LogP contribution in [0.2, 0.25) is 0 Å². The van der Waals surface area contributed by atoms with Crippen LogP contribution >= 0.6 is 0 Å². The topological polar surface area (TPSA) is 75.4 Å². The molecule has 2 aromatic carbocycles. The number of fused-ring (bicyclic) bond motifs is 1. The van der Waals surface area contributed by atoms with Gasteiger partial charge in [-0.3, -0.25) is 4.79 Å². The highest BCUT2D eigenvalue weighted by molar-refractivity contribution is 5.83. The first-order valence-electron chi connectivity index (χ1n) is 9.75. The lowest BCUT2D eigenvalue weighted by molar-refractivity contribution is -0.121. The van der Waals surface area contributed by atoms with Gasteiger partial charge in [-0.2, -0.15) is 5.10 Å². The molecule has 3 aromatic rings. The molecule has 7 nitrogen and oxygen atoms in total. The molecule has 1 aliphatic rings. The van der Waals surface area contributed by atoms with Crippen molar-refractivity contribution in [2.45, 2.75) is 32.2 Å². The van der Waals surface area contributed by atoms with Crippen LogP contribution in [0.5, 0.6) is 0 Å². The molecule has 0 unspecified atom stereocenters. The summed E-state index contributed by atoms with van der Waals surface area (Å²) in [5, 5.41) is 12.1. The second kappa shape index (κ2) is 8.65. The molecule has 0 atom stereocenters. The number of aromatic nitrogens is 3. The van der Waals surface area contributed by atoms with Crippen LogP contribution in [0.15, 0.2) is 53.6 Å². The van der Waals surface area contributed by atoms with Gasteiger partial charge in [0.15, 0.2) is 0 Å². The van der Waals surface area contributed by atoms with Crippen LogP contribution in [0, 0.1) is 0 Å². The van der Waals surface area contributed by atoms with E-state index in [-0.39, 0.29) is 12.5 Å². The first-order chi connectivity index (χ1) is 13.8. The summed E-state index contributed by atoms with van der Waals surface area (Å²) in [6.07, 6.45) is 6.83. The number of anilines is 1. The number of hydrogen-bond acceptors (Lipinski definition) is 5. The molecule has 1 aromatic heterocycles. The van der Waals surface area contributed by atoms with Gasteiger partial charge in [0.05, 0.1) is 11.7 Å². The molecule has 1 fully saturated rings. The molecule has 0 spiro atoms. The van der Waals surface area contributed by atoms with Crippen molar-refractivity contribution in [2.75, 3.05) is 18.0 Å². The van der Waals surface area contributed by atoms with E-state index < -0.39 is 0 Å².